The lowest BCUT2D eigenvalue weighted by Gasteiger charge is -2.08. The van der Waals surface area contributed by atoms with Crippen LogP contribution in [0.4, 0.5) is 0 Å². The molecule has 0 aliphatic heterocycles. The van der Waals surface area contributed by atoms with E-state index in [0.717, 1.165) is 17.5 Å². The molecular formula is C22H14Cl2O3. The van der Waals surface area contributed by atoms with Crippen LogP contribution in [-0.2, 0) is 11.2 Å². The quantitative estimate of drug-likeness (QED) is 0.332. The third-order valence-corrected chi connectivity index (χ3v) is 5.25. The number of rotatable bonds is 4. The van der Waals surface area contributed by atoms with Crippen LogP contribution < -0.4 is 0 Å². The first-order chi connectivity index (χ1) is 13.0. The zero-order valence-electron chi connectivity index (χ0n) is 14.2. The molecule has 0 spiro atoms. The third kappa shape index (κ3) is 3.36. The van der Waals surface area contributed by atoms with E-state index in [-0.39, 0.29) is 28.0 Å². The van der Waals surface area contributed by atoms with Gasteiger partial charge in [-0.2, -0.15) is 0 Å². The van der Waals surface area contributed by atoms with Crippen LogP contribution in [0.3, 0.4) is 0 Å². The zero-order chi connectivity index (χ0) is 19.0. The summed E-state index contributed by atoms with van der Waals surface area (Å²) in [6, 6.07) is 18.4. The maximum Gasteiger partial charge on any atom is 0.341 e. The fourth-order valence-corrected chi connectivity index (χ4v) is 3.83. The standard InChI is InChI=1S/C22H14Cl2O3/c23-18-6-3-7-19(24)21(18)22(26)27-12-20(25)15-9-8-14-10-13-4-1-2-5-16(13)17(14)11-15/h1-9,11H,10,12H2. The van der Waals surface area contributed by atoms with Gasteiger partial charge in [-0.25, -0.2) is 4.79 Å². The molecule has 5 heteroatoms. The first kappa shape index (κ1) is 17.8. The van der Waals surface area contributed by atoms with Crippen molar-refractivity contribution in [1.29, 1.82) is 0 Å². The van der Waals surface area contributed by atoms with Gasteiger partial charge < -0.3 is 4.74 Å². The van der Waals surface area contributed by atoms with Gasteiger partial charge in [0.05, 0.1) is 15.6 Å². The van der Waals surface area contributed by atoms with Crippen LogP contribution in [0.25, 0.3) is 11.1 Å². The highest BCUT2D eigenvalue weighted by Gasteiger charge is 2.21. The first-order valence-electron chi connectivity index (χ1n) is 8.40. The van der Waals surface area contributed by atoms with Gasteiger partial charge in [-0.1, -0.05) is 65.7 Å². The number of ether oxygens (including phenoxy) is 1. The maximum absolute atomic E-state index is 12.5. The molecular weight excluding hydrogens is 383 g/mol. The van der Waals surface area contributed by atoms with Crippen LogP contribution in [0.5, 0.6) is 0 Å². The van der Waals surface area contributed by atoms with Gasteiger partial charge >= 0.3 is 5.97 Å². The van der Waals surface area contributed by atoms with Gasteiger partial charge in [-0.05, 0) is 46.9 Å². The van der Waals surface area contributed by atoms with Crippen LogP contribution in [0.1, 0.15) is 31.8 Å². The smallest absolute Gasteiger partial charge is 0.341 e. The van der Waals surface area contributed by atoms with Crippen molar-refractivity contribution < 1.29 is 14.3 Å². The average molecular weight is 397 g/mol. The molecule has 0 bridgehead atoms. The Morgan fingerprint density at radius 2 is 1.56 bits per heavy atom. The van der Waals surface area contributed by atoms with E-state index in [1.54, 1.807) is 24.3 Å². The minimum atomic E-state index is -0.717. The van der Waals surface area contributed by atoms with E-state index in [4.69, 9.17) is 27.9 Å². The van der Waals surface area contributed by atoms with Crippen molar-refractivity contribution in [3.63, 3.8) is 0 Å². The summed E-state index contributed by atoms with van der Waals surface area (Å²) < 4.78 is 5.14. The van der Waals surface area contributed by atoms with E-state index in [9.17, 15) is 9.59 Å². The summed E-state index contributed by atoms with van der Waals surface area (Å²) in [6.45, 7) is -0.374. The predicted molar refractivity (Wildman–Crippen MR) is 106 cm³/mol. The number of fused-ring (bicyclic) bond motifs is 3. The molecule has 0 saturated heterocycles. The molecule has 0 heterocycles. The molecule has 134 valence electrons. The van der Waals surface area contributed by atoms with Crippen molar-refractivity contribution in [3.05, 3.63) is 93.0 Å². The molecule has 0 fully saturated rings. The lowest BCUT2D eigenvalue weighted by molar-refractivity contribution is 0.0475. The van der Waals surface area contributed by atoms with Crippen LogP contribution in [-0.4, -0.2) is 18.4 Å². The van der Waals surface area contributed by atoms with Crippen molar-refractivity contribution >= 4 is 35.0 Å². The van der Waals surface area contributed by atoms with Gasteiger partial charge in [0, 0.05) is 5.56 Å². The van der Waals surface area contributed by atoms with E-state index < -0.39 is 5.97 Å². The Bertz CT molecular complexity index is 1050. The average Bonchev–Trinajstić information content (AvgIpc) is 3.04. The van der Waals surface area contributed by atoms with E-state index in [2.05, 4.69) is 12.1 Å². The molecule has 27 heavy (non-hydrogen) atoms. The number of carbonyl (C=O) groups is 2. The van der Waals surface area contributed by atoms with Crippen LogP contribution in [0.15, 0.2) is 60.7 Å². The second kappa shape index (κ2) is 7.18. The van der Waals surface area contributed by atoms with Gasteiger partial charge in [0.2, 0.25) is 0 Å². The molecule has 0 N–H and O–H groups in total. The lowest BCUT2D eigenvalue weighted by atomic mass is 10.0. The predicted octanol–water partition coefficient (Wildman–Crippen LogP) is 5.60. The topological polar surface area (TPSA) is 43.4 Å². The molecule has 0 aromatic heterocycles. The van der Waals surface area contributed by atoms with E-state index >= 15 is 0 Å². The second-order valence-corrected chi connectivity index (χ2v) is 7.12. The van der Waals surface area contributed by atoms with E-state index in [1.807, 2.05) is 24.3 Å². The van der Waals surface area contributed by atoms with Crippen molar-refractivity contribution in [1.82, 2.24) is 0 Å². The monoisotopic (exact) mass is 396 g/mol. The van der Waals surface area contributed by atoms with Crippen molar-refractivity contribution in [2.75, 3.05) is 6.61 Å². The number of halogens is 2. The normalized spacial score (nSPS) is 11.6. The number of benzene rings is 3. The molecule has 0 radical (unpaired) electrons. The fraction of sp³-hybridized carbons (Fsp3) is 0.0909. The summed E-state index contributed by atoms with van der Waals surface area (Å²) >= 11 is 12.0. The molecule has 0 unspecified atom stereocenters. The molecule has 1 aliphatic carbocycles. The Morgan fingerprint density at radius 3 is 2.33 bits per heavy atom. The Morgan fingerprint density at radius 1 is 0.852 bits per heavy atom. The molecule has 3 aromatic rings. The van der Waals surface area contributed by atoms with Gasteiger partial charge in [-0.3, -0.25) is 4.79 Å². The Balaban J connectivity index is 1.51. The first-order valence-corrected chi connectivity index (χ1v) is 9.16. The van der Waals surface area contributed by atoms with Gasteiger partial charge in [-0.15, -0.1) is 0 Å². The summed E-state index contributed by atoms with van der Waals surface area (Å²) in [5.41, 5.74) is 5.20. The fourth-order valence-electron chi connectivity index (χ4n) is 3.28. The summed E-state index contributed by atoms with van der Waals surface area (Å²) in [6.07, 6.45) is 0.861. The van der Waals surface area contributed by atoms with Crippen molar-refractivity contribution in [2.24, 2.45) is 0 Å². The molecule has 4 rings (SSSR count). The molecule has 0 amide bonds. The third-order valence-electron chi connectivity index (χ3n) is 4.62. The van der Waals surface area contributed by atoms with E-state index in [0.29, 0.717) is 5.56 Å². The summed E-state index contributed by atoms with van der Waals surface area (Å²) in [5, 5.41) is 0.378. The summed E-state index contributed by atoms with van der Waals surface area (Å²) in [5.74, 6) is -0.996. The number of hydrogen-bond acceptors (Lipinski definition) is 3. The van der Waals surface area contributed by atoms with Crippen LogP contribution in [0, 0.1) is 0 Å². The number of hydrogen-bond donors (Lipinski definition) is 0. The highest BCUT2D eigenvalue weighted by Crippen LogP contribution is 2.36. The lowest BCUT2D eigenvalue weighted by Crippen LogP contribution is -2.15. The highest BCUT2D eigenvalue weighted by atomic mass is 35.5. The summed E-state index contributed by atoms with van der Waals surface area (Å²) in [7, 11) is 0. The molecule has 1 aliphatic rings. The van der Waals surface area contributed by atoms with Crippen molar-refractivity contribution in [3.8, 4) is 11.1 Å². The maximum atomic E-state index is 12.5. The number of ketones is 1. The number of esters is 1. The minimum absolute atomic E-state index is 0.0662. The minimum Gasteiger partial charge on any atom is -0.454 e. The van der Waals surface area contributed by atoms with Gasteiger partial charge in [0.25, 0.3) is 0 Å². The largest absolute Gasteiger partial charge is 0.454 e. The second-order valence-electron chi connectivity index (χ2n) is 6.30. The van der Waals surface area contributed by atoms with Crippen LogP contribution in [0.2, 0.25) is 10.0 Å². The number of carbonyl (C=O) groups excluding carboxylic acids is 2. The Hall–Kier alpha value is -2.62. The zero-order valence-corrected chi connectivity index (χ0v) is 15.7. The highest BCUT2D eigenvalue weighted by molar-refractivity contribution is 6.39. The van der Waals surface area contributed by atoms with Crippen molar-refractivity contribution in [2.45, 2.75) is 6.42 Å². The SMILES string of the molecule is O=C(COC(=O)c1c(Cl)cccc1Cl)c1ccc2c(c1)-c1ccccc1C2. The molecule has 0 atom stereocenters. The Labute approximate surface area is 166 Å². The van der Waals surface area contributed by atoms with Crippen LogP contribution >= 0.6 is 23.2 Å². The van der Waals surface area contributed by atoms with Gasteiger partial charge in [0.1, 0.15) is 0 Å². The Kier molecular flexibility index (Phi) is 4.73. The molecule has 3 nitrogen and oxygen atoms in total. The molecule has 0 saturated carbocycles. The molecule has 3 aromatic carbocycles. The number of Topliss-reactive ketones (excluding diaryl/α,β-unsaturated/α-hetero) is 1. The summed E-state index contributed by atoms with van der Waals surface area (Å²) in [4.78, 5) is 24.7. The van der Waals surface area contributed by atoms with Gasteiger partial charge in [0.15, 0.2) is 12.4 Å². The van der Waals surface area contributed by atoms with E-state index in [1.165, 1.54) is 11.1 Å².